The van der Waals surface area contributed by atoms with Gasteiger partial charge >= 0.3 is 0 Å². The molecule has 0 radical (unpaired) electrons. The van der Waals surface area contributed by atoms with Gasteiger partial charge in [0.25, 0.3) is 0 Å². The maximum absolute atomic E-state index is 12.5. The summed E-state index contributed by atoms with van der Waals surface area (Å²) in [5.74, 6) is 0.175. The standard InChI is InChI=1S/C25H20N4OS/c1-17-15-23-27-28-25(29(23)22-10-6-5-9-21(17)22)31-16-24(30)26-20-13-11-19(12-14-20)18-7-3-2-4-8-18/h2-15H,16H2,1H3,(H,26,30). The quantitative estimate of drug-likeness (QED) is 0.374. The average Bonchev–Trinajstić information content (AvgIpc) is 3.22. The second-order valence-corrected chi connectivity index (χ2v) is 8.24. The molecule has 0 unspecified atom stereocenters. The number of benzene rings is 3. The van der Waals surface area contributed by atoms with Crippen LogP contribution in [-0.2, 0) is 4.79 Å². The third-order valence-corrected chi connectivity index (χ3v) is 6.11. The lowest BCUT2D eigenvalue weighted by Gasteiger charge is -2.08. The Hall–Kier alpha value is -3.64. The number of carbonyl (C=O) groups excluding carboxylic acids is 1. The molecule has 0 spiro atoms. The van der Waals surface area contributed by atoms with E-state index in [1.165, 1.54) is 11.8 Å². The van der Waals surface area contributed by atoms with Gasteiger partial charge in [0.15, 0.2) is 10.8 Å². The van der Waals surface area contributed by atoms with Crippen molar-refractivity contribution < 1.29 is 4.79 Å². The lowest BCUT2D eigenvalue weighted by Crippen LogP contribution is -2.14. The lowest BCUT2D eigenvalue weighted by atomic mass is 10.1. The summed E-state index contributed by atoms with van der Waals surface area (Å²) in [6, 6.07) is 28.2. The van der Waals surface area contributed by atoms with E-state index in [9.17, 15) is 4.79 Å². The minimum absolute atomic E-state index is 0.0781. The van der Waals surface area contributed by atoms with Crippen LogP contribution in [0.15, 0.2) is 90.1 Å². The maximum atomic E-state index is 12.5. The van der Waals surface area contributed by atoms with Crippen LogP contribution in [0.25, 0.3) is 27.7 Å². The first kappa shape index (κ1) is 19.3. The second-order valence-electron chi connectivity index (χ2n) is 7.30. The first-order valence-electron chi connectivity index (χ1n) is 10.0. The van der Waals surface area contributed by atoms with Crippen molar-refractivity contribution in [3.63, 3.8) is 0 Å². The van der Waals surface area contributed by atoms with Crippen LogP contribution in [-0.4, -0.2) is 26.3 Å². The highest BCUT2D eigenvalue weighted by molar-refractivity contribution is 7.99. The number of hydrogen-bond donors (Lipinski definition) is 1. The molecule has 2 heterocycles. The van der Waals surface area contributed by atoms with Gasteiger partial charge in [-0.1, -0.05) is 72.4 Å². The average molecular weight is 425 g/mol. The molecule has 0 fully saturated rings. The Labute approximate surface area is 184 Å². The van der Waals surface area contributed by atoms with E-state index in [4.69, 9.17) is 0 Å². The predicted molar refractivity (Wildman–Crippen MR) is 126 cm³/mol. The van der Waals surface area contributed by atoms with Crippen molar-refractivity contribution in [1.29, 1.82) is 0 Å². The summed E-state index contributed by atoms with van der Waals surface area (Å²) in [6.07, 6.45) is 0. The van der Waals surface area contributed by atoms with Crippen LogP contribution in [0.5, 0.6) is 0 Å². The molecule has 31 heavy (non-hydrogen) atoms. The van der Waals surface area contributed by atoms with Crippen molar-refractivity contribution in [2.24, 2.45) is 0 Å². The number of aryl methyl sites for hydroxylation is 1. The highest BCUT2D eigenvalue weighted by Gasteiger charge is 2.13. The SMILES string of the molecule is Cc1cc2nnc(SCC(=O)Nc3ccc(-c4ccccc4)cc3)n2c2ccccc12. The minimum Gasteiger partial charge on any atom is -0.325 e. The molecule has 0 bridgehead atoms. The minimum atomic E-state index is -0.0781. The van der Waals surface area contributed by atoms with Crippen molar-refractivity contribution in [3.05, 3.63) is 90.5 Å². The van der Waals surface area contributed by atoms with Crippen LogP contribution in [0.4, 0.5) is 5.69 Å². The Morgan fingerprint density at radius 2 is 1.61 bits per heavy atom. The Morgan fingerprint density at radius 1 is 0.903 bits per heavy atom. The van der Waals surface area contributed by atoms with Gasteiger partial charge in [-0.15, -0.1) is 10.2 Å². The molecule has 0 aliphatic carbocycles. The number of nitrogens with zero attached hydrogens (tertiary/aromatic N) is 3. The maximum Gasteiger partial charge on any atom is 0.234 e. The summed E-state index contributed by atoms with van der Waals surface area (Å²) in [4.78, 5) is 12.5. The Kier molecular flexibility index (Phi) is 5.14. The Balaban J connectivity index is 1.30. The van der Waals surface area contributed by atoms with E-state index in [0.29, 0.717) is 5.16 Å². The van der Waals surface area contributed by atoms with Gasteiger partial charge in [-0.2, -0.15) is 0 Å². The molecule has 6 heteroatoms. The highest BCUT2D eigenvalue weighted by Crippen LogP contribution is 2.26. The zero-order chi connectivity index (χ0) is 21.2. The van der Waals surface area contributed by atoms with E-state index in [2.05, 4.69) is 46.7 Å². The summed E-state index contributed by atoms with van der Waals surface area (Å²) in [5, 5.41) is 13.4. The van der Waals surface area contributed by atoms with Gasteiger partial charge in [0.2, 0.25) is 5.91 Å². The molecule has 0 saturated heterocycles. The van der Waals surface area contributed by atoms with Crippen molar-refractivity contribution in [2.45, 2.75) is 12.1 Å². The van der Waals surface area contributed by atoms with Crippen molar-refractivity contribution in [1.82, 2.24) is 14.6 Å². The Bertz CT molecular complexity index is 1380. The second kappa shape index (κ2) is 8.24. The molecular weight excluding hydrogens is 404 g/mol. The molecule has 1 N–H and O–H groups in total. The zero-order valence-electron chi connectivity index (χ0n) is 16.9. The summed E-state index contributed by atoms with van der Waals surface area (Å²) in [6.45, 7) is 2.07. The van der Waals surface area contributed by atoms with E-state index in [1.54, 1.807) is 0 Å². The molecule has 152 valence electrons. The number of carbonyl (C=O) groups is 1. The number of hydrogen-bond acceptors (Lipinski definition) is 4. The van der Waals surface area contributed by atoms with Crippen molar-refractivity contribution in [3.8, 4) is 11.1 Å². The van der Waals surface area contributed by atoms with Crippen LogP contribution in [0.2, 0.25) is 0 Å². The van der Waals surface area contributed by atoms with E-state index < -0.39 is 0 Å². The number of rotatable bonds is 5. The lowest BCUT2D eigenvalue weighted by molar-refractivity contribution is -0.113. The third kappa shape index (κ3) is 3.90. The highest BCUT2D eigenvalue weighted by atomic mass is 32.2. The van der Waals surface area contributed by atoms with Gasteiger partial charge in [0.1, 0.15) is 0 Å². The first-order valence-corrected chi connectivity index (χ1v) is 11.0. The molecule has 5 nitrogen and oxygen atoms in total. The number of para-hydroxylation sites is 1. The number of fused-ring (bicyclic) bond motifs is 3. The van der Waals surface area contributed by atoms with Gasteiger partial charge in [0, 0.05) is 11.1 Å². The zero-order valence-corrected chi connectivity index (χ0v) is 17.8. The number of pyridine rings is 1. The van der Waals surface area contributed by atoms with Crippen LogP contribution in [0.1, 0.15) is 5.56 Å². The number of aromatic nitrogens is 3. The van der Waals surface area contributed by atoms with Crippen LogP contribution in [0, 0.1) is 6.92 Å². The molecule has 3 aromatic carbocycles. The van der Waals surface area contributed by atoms with Crippen molar-refractivity contribution >= 4 is 39.9 Å². The van der Waals surface area contributed by atoms with Crippen molar-refractivity contribution in [2.75, 3.05) is 11.1 Å². The van der Waals surface area contributed by atoms with Crippen LogP contribution < -0.4 is 5.32 Å². The molecule has 2 aromatic heterocycles. The topological polar surface area (TPSA) is 59.3 Å². The van der Waals surface area contributed by atoms with Gasteiger partial charge in [-0.05, 0) is 47.9 Å². The van der Waals surface area contributed by atoms with Crippen LogP contribution in [0.3, 0.4) is 0 Å². The van der Waals surface area contributed by atoms with E-state index in [-0.39, 0.29) is 11.7 Å². The molecule has 1 amide bonds. The van der Waals surface area contributed by atoms with Crippen LogP contribution >= 0.6 is 11.8 Å². The van der Waals surface area contributed by atoms with Gasteiger partial charge < -0.3 is 5.32 Å². The van der Waals surface area contributed by atoms with E-state index in [0.717, 1.165) is 38.9 Å². The van der Waals surface area contributed by atoms with Gasteiger partial charge in [-0.3, -0.25) is 9.20 Å². The van der Waals surface area contributed by atoms with E-state index in [1.807, 2.05) is 65.1 Å². The molecule has 0 aliphatic heterocycles. The van der Waals surface area contributed by atoms with E-state index >= 15 is 0 Å². The number of anilines is 1. The third-order valence-electron chi connectivity index (χ3n) is 5.18. The summed E-state index contributed by atoms with van der Waals surface area (Å²) in [5.41, 5.74) is 6.03. The predicted octanol–water partition coefficient (Wildman–Crippen LogP) is 5.59. The molecule has 0 aliphatic rings. The summed E-state index contributed by atoms with van der Waals surface area (Å²) in [7, 11) is 0. The Morgan fingerprint density at radius 3 is 2.42 bits per heavy atom. The monoisotopic (exact) mass is 424 g/mol. The smallest absolute Gasteiger partial charge is 0.234 e. The summed E-state index contributed by atoms with van der Waals surface area (Å²) >= 11 is 1.38. The molecule has 5 aromatic rings. The molecular formula is C25H20N4OS. The molecule has 0 saturated carbocycles. The number of amides is 1. The number of thioether (sulfide) groups is 1. The molecule has 5 rings (SSSR count). The molecule has 0 atom stereocenters. The first-order chi connectivity index (χ1) is 15.2. The largest absolute Gasteiger partial charge is 0.325 e. The van der Waals surface area contributed by atoms with Gasteiger partial charge in [0.05, 0.1) is 11.3 Å². The van der Waals surface area contributed by atoms with Gasteiger partial charge in [-0.25, -0.2) is 0 Å². The fraction of sp³-hybridized carbons (Fsp3) is 0.0800. The number of nitrogens with one attached hydrogen (secondary N) is 1. The fourth-order valence-corrected chi connectivity index (χ4v) is 4.42. The summed E-state index contributed by atoms with van der Waals surface area (Å²) < 4.78 is 2.01. The fourth-order valence-electron chi connectivity index (χ4n) is 3.67. The normalized spacial score (nSPS) is 11.1.